The summed E-state index contributed by atoms with van der Waals surface area (Å²) in [6.07, 6.45) is 2.52. The molecule has 2 aromatic carbocycles. The molecule has 3 rings (SSSR count). The Kier molecular flexibility index (Phi) is 5.59. The molecule has 1 saturated heterocycles. The second kappa shape index (κ2) is 7.43. The Morgan fingerprint density at radius 3 is 2.62 bits per heavy atom. The zero-order chi connectivity index (χ0) is 13.8. The SMILES string of the molecule is Cl.O=C(Cc1cccc2ccccc12)NC1CCNCC1. The summed E-state index contributed by atoms with van der Waals surface area (Å²) in [6, 6.07) is 14.7. The van der Waals surface area contributed by atoms with Gasteiger partial charge in [0.1, 0.15) is 0 Å². The van der Waals surface area contributed by atoms with Crippen LogP contribution in [0.1, 0.15) is 18.4 Å². The molecule has 2 aromatic rings. The van der Waals surface area contributed by atoms with Gasteiger partial charge in [-0.15, -0.1) is 12.4 Å². The number of hydrogen-bond donors (Lipinski definition) is 2. The van der Waals surface area contributed by atoms with E-state index in [-0.39, 0.29) is 18.3 Å². The topological polar surface area (TPSA) is 41.1 Å². The van der Waals surface area contributed by atoms with Crippen molar-refractivity contribution in [2.24, 2.45) is 0 Å². The monoisotopic (exact) mass is 304 g/mol. The summed E-state index contributed by atoms with van der Waals surface area (Å²) in [5, 5.41) is 8.83. The van der Waals surface area contributed by atoms with Gasteiger partial charge in [-0.05, 0) is 42.3 Å². The first-order valence-corrected chi connectivity index (χ1v) is 7.29. The molecule has 1 amide bonds. The first-order valence-electron chi connectivity index (χ1n) is 7.29. The molecular weight excluding hydrogens is 284 g/mol. The van der Waals surface area contributed by atoms with E-state index in [1.54, 1.807) is 0 Å². The predicted molar refractivity (Wildman–Crippen MR) is 88.9 cm³/mol. The Bertz CT molecular complexity index is 603. The summed E-state index contributed by atoms with van der Waals surface area (Å²) in [6.45, 7) is 2.00. The Balaban J connectivity index is 0.00000161. The van der Waals surface area contributed by atoms with Crippen molar-refractivity contribution in [1.82, 2.24) is 10.6 Å². The van der Waals surface area contributed by atoms with Crippen LogP contribution in [0.4, 0.5) is 0 Å². The molecule has 1 aliphatic heterocycles. The van der Waals surface area contributed by atoms with Gasteiger partial charge in [-0.2, -0.15) is 0 Å². The van der Waals surface area contributed by atoms with Crippen LogP contribution in [0, 0.1) is 0 Å². The van der Waals surface area contributed by atoms with Crippen molar-refractivity contribution >= 4 is 29.1 Å². The van der Waals surface area contributed by atoms with Gasteiger partial charge in [-0.25, -0.2) is 0 Å². The van der Waals surface area contributed by atoms with Gasteiger partial charge in [0, 0.05) is 6.04 Å². The maximum absolute atomic E-state index is 12.2. The van der Waals surface area contributed by atoms with E-state index < -0.39 is 0 Å². The van der Waals surface area contributed by atoms with E-state index in [2.05, 4.69) is 28.8 Å². The highest BCUT2D eigenvalue weighted by molar-refractivity contribution is 5.90. The van der Waals surface area contributed by atoms with E-state index in [4.69, 9.17) is 0 Å². The number of rotatable bonds is 3. The second-order valence-electron chi connectivity index (χ2n) is 5.41. The Morgan fingerprint density at radius 2 is 1.81 bits per heavy atom. The lowest BCUT2D eigenvalue weighted by atomic mass is 10.0. The molecule has 0 spiro atoms. The van der Waals surface area contributed by atoms with E-state index in [1.165, 1.54) is 10.8 Å². The van der Waals surface area contributed by atoms with Crippen molar-refractivity contribution in [3.8, 4) is 0 Å². The van der Waals surface area contributed by atoms with Gasteiger partial charge < -0.3 is 10.6 Å². The van der Waals surface area contributed by atoms with E-state index in [0.717, 1.165) is 31.5 Å². The summed E-state index contributed by atoms with van der Waals surface area (Å²) in [4.78, 5) is 12.2. The van der Waals surface area contributed by atoms with E-state index in [1.807, 2.05) is 24.3 Å². The van der Waals surface area contributed by atoms with Crippen molar-refractivity contribution in [2.45, 2.75) is 25.3 Å². The lowest BCUT2D eigenvalue weighted by molar-refractivity contribution is -0.121. The summed E-state index contributed by atoms with van der Waals surface area (Å²) in [5.74, 6) is 0.133. The van der Waals surface area contributed by atoms with Crippen LogP contribution in [0.25, 0.3) is 10.8 Å². The largest absolute Gasteiger partial charge is 0.353 e. The fraction of sp³-hybridized carbons (Fsp3) is 0.353. The van der Waals surface area contributed by atoms with Crippen molar-refractivity contribution in [2.75, 3.05) is 13.1 Å². The zero-order valence-corrected chi connectivity index (χ0v) is 12.8. The number of halogens is 1. The lowest BCUT2D eigenvalue weighted by Crippen LogP contribution is -2.43. The summed E-state index contributed by atoms with van der Waals surface area (Å²) >= 11 is 0. The highest BCUT2D eigenvalue weighted by atomic mass is 35.5. The number of fused-ring (bicyclic) bond motifs is 1. The minimum atomic E-state index is 0. The first-order chi connectivity index (χ1) is 9.83. The third-order valence-corrected chi connectivity index (χ3v) is 3.94. The fourth-order valence-corrected chi connectivity index (χ4v) is 2.86. The number of nitrogens with one attached hydrogen (secondary N) is 2. The maximum atomic E-state index is 12.2. The van der Waals surface area contributed by atoms with Crippen molar-refractivity contribution < 1.29 is 4.79 Å². The summed E-state index contributed by atoms with van der Waals surface area (Å²) < 4.78 is 0. The van der Waals surface area contributed by atoms with E-state index >= 15 is 0 Å². The molecule has 0 radical (unpaired) electrons. The van der Waals surface area contributed by atoms with Crippen molar-refractivity contribution in [1.29, 1.82) is 0 Å². The number of amides is 1. The fourth-order valence-electron chi connectivity index (χ4n) is 2.86. The molecule has 1 aliphatic rings. The average molecular weight is 305 g/mol. The number of hydrogen-bond acceptors (Lipinski definition) is 2. The Morgan fingerprint density at radius 1 is 1.10 bits per heavy atom. The van der Waals surface area contributed by atoms with Crippen LogP contribution in [-0.4, -0.2) is 25.0 Å². The van der Waals surface area contributed by atoms with Crippen molar-refractivity contribution in [3.63, 3.8) is 0 Å². The molecule has 0 bridgehead atoms. The second-order valence-corrected chi connectivity index (χ2v) is 5.41. The van der Waals surface area contributed by atoms with Gasteiger partial charge in [-0.1, -0.05) is 42.5 Å². The molecule has 0 aliphatic carbocycles. The third-order valence-electron chi connectivity index (χ3n) is 3.94. The molecule has 0 aromatic heterocycles. The highest BCUT2D eigenvalue weighted by Gasteiger charge is 2.15. The average Bonchev–Trinajstić information content (AvgIpc) is 2.48. The molecule has 4 heteroatoms. The first kappa shape index (κ1) is 15.8. The normalized spacial score (nSPS) is 15.4. The molecule has 0 saturated carbocycles. The molecule has 0 unspecified atom stereocenters. The molecule has 112 valence electrons. The van der Waals surface area contributed by atoms with E-state index in [9.17, 15) is 4.79 Å². The molecule has 1 fully saturated rings. The van der Waals surface area contributed by atoms with Crippen LogP contribution in [0.15, 0.2) is 42.5 Å². The van der Waals surface area contributed by atoms with Crippen LogP contribution < -0.4 is 10.6 Å². The summed E-state index contributed by atoms with van der Waals surface area (Å²) in [7, 11) is 0. The lowest BCUT2D eigenvalue weighted by Gasteiger charge is -2.23. The summed E-state index contributed by atoms with van der Waals surface area (Å²) in [5.41, 5.74) is 1.11. The quantitative estimate of drug-likeness (QED) is 0.915. The number of piperidine rings is 1. The van der Waals surface area contributed by atoms with Gasteiger partial charge in [0.25, 0.3) is 0 Å². The van der Waals surface area contributed by atoms with E-state index in [0.29, 0.717) is 12.5 Å². The van der Waals surface area contributed by atoms with Crippen LogP contribution in [-0.2, 0) is 11.2 Å². The molecule has 0 atom stereocenters. The van der Waals surface area contributed by atoms with Gasteiger partial charge in [0.05, 0.1) is 6.42 Å². The van der Waals surface area contributed by atoms with Gasteiger partial charge in [0.2, 0.25) is 5.91 Å². The van der Waals surface area contributed by atoms with Crippen molar-refractivity contribution in [3.05, 3.63) is 48.0 Å². The minimum absolute atomic E-state index is 0. The van der Waals surface area contributed by atoms with Gasteiger partial charge in [0.15, 0.2) is 0 Å². The number of carbonyl (C=O) groups is 1. The van der Waals surface area contributed by atoms with Crippen LogP contribution in [0.2, 0.25) is 0 Å². The molecule has 21 heavy (non-hydrogen) atoms. The van der Waals surface area contributed by atoms with Crippen LogP contribution in [0.3, 0.4) is 0 Å². The number of benzene rings is 2. The molecular formula is C17H21ClN2O. The van der Waals surface area contributed by atoms with Crippen LogP contribution in [0.5, 0.6) is 0 Å². The highest BCUT2D eigenvalue weighted by Crippen LogP contribution is 2.19. The molecule has 3 nitrogen and oxygen atoms in total. The van der Waals surface area contributed by atoms with Gasteiger partial charge >= 0.3 is 0 Å². The van der Waals surface area contributed by atoms with Crippen LogP contribution >= 0.6 is 12.4 Å². The predicted octanol–water partition coefficient (Wildman–Crippen LogP) is 2.67. The Hall–Kier alpha value is -1.58. The number of carbonyl (C=O) groups excluding carboxylic acids is 1. The smallest absolute Gasteiger partial charge is 0.224 e. The minimum Gasteiger partial charge on any atom is -0.353 e. The maximum Gasteiger partial charge on any atom is 0.224 e. The third kappa shape index (κ3) is 3.96. The Labute approximate surface area is 131 Å². The molecule has 2 N–H and O–H groups in total. The molecule has 1 heterocycles. The zero-order valence-electron chi connectivity index (χ0n) is 12.0. The van der Waals surface area contributed by atoms with Gasteiger partial charge in [-0.3, -0.25) is 4.79 Å². The standard InChI is InChI=1S/C17H20N2O.ClH/c20-17(19-15-8-10-18-11-9-15)12-14-6-3-5-13-4-1-2-7-16(13)14;/h1-7,15,18H,8-12H2,(H,19,20);1H.